The Kier molecular flexibility index (Phi) is 7.51. The minimum atomic E-state index is -2.01. The number of aliphatic carboxylic acids is 1. The van der Waals surface area contributed by atoms with Crippen LogP contribution in [-0.4, -0.2) is 29.2 Å². The van der Waals surface area contributed by atoms with Gasteiger partial charge >= 0.3 is 11.9 Å². The van der Waals surface area contributed by atoms with E-state index in [1.807, 2.05) is 36.4 Å². The lowest BCUT2D eigenvalue weighted by atomic mass is 10.1. The maximum atomic E-state index is 12.0. The maximum Gasteiger partial charge on any atom is 0.357 e. The van der Waals surface area contributed by atoms with E-state index in [9.17, 15) is 19.5 Å². The first-order valence-corrected chi connectivity index (χ1v) is 8.38. The molecule has 0 radical (unpaired) electrons. The summed E-state index contributed by atoms with van der Waals surface area (Å²) in [5, 5.41) is 11.7. The molecule has 0 fully saturated rings. The molecule has 2 rings (SSSR count). The number of rotatable bonds is 11. The van der Waals surface area contributed by atoms with Gasteiger partial charge in [0.05, 0.1) is 13.0 Å². The molecule has 0 aliphatic rings. The highest BCUT2D eigenvalue weighted by atomic mass is 16.5. The van der Waals surface area contributed by atoms with Crippen molar-refractivity contribution in [1.82, 2.24) is 5.32 Å². The molecule has 1 amide bonds. The van der Waals surface area contributed by atoms with Gasteiger partial charge in [-0.25, -0.2) is 4.79 Å². The fourth-order valence-corrected chi connectivity index (χ4v) is 2.38. The summed E-state index contributed by atoms with van der Waals surface area (Å²) >= 11 is 0. The maximum absolute atomic E-state index is 12.0. The van der Waals surface area contributed by atoms with Gasteiger partial charge < -0.3 is 19.9 Å². The minimum absolute atomic E-state index is 0.0347. The highest BCUT2D eigenvalue weighted by Gasteiger charge is 2.40. The molecule has 0 unspecified atom stereocenters. The van der Waals surface area contributed by atoms with Gasteiger partial charge in [0.2, 0.25) is 12.1 Å². The van der Waals surface area contributed by atoms with E-state index in [2.05, 4.69) is 5.32 Å². The van der Waals surface area contributed by atoms with Crippen molar-refractivity contribution in [3.63, 3.8) is 0 Å². The number of carboxylic acids is 1. The van der Waals surface area contributed by atoms with Gasteiger partial charge in [-0.3, -0.25) is 9.59 Å². The minimum Gasteiger partial charge on any atom is -0.478 e. The molecule has 0 aliphatic heterocycles. The Balaban J connectivity index is 1.95. The topological polar surface area (TPSA) is 102 Å². The van der Waals surface area contributed by atoms with Crippen LogP contribution >= 0.6 is 0 Å². The van der Waals surface area contributed by atoms with Crippen molar-refractivity contribution in [2.24, 2.45) is 0 Å². The van der Waals surface area contributed by atoms with E-state index in [-0.39, 0.29) is 32.5 Å². The van der Waals surface area contributed by atoms with Crippen LogP contribution in [0.5, 0.6) is 0 Å². The molecule has 2 N–H and O–H groups in total. The average Bonchev–Trinajstić information content (AvgIpc) is 2.70. The molecule has 1 atom stereocenters. The third-order valence-electron chi connectivity index (χ3n) is 3.89. The third kappa shape index (κ3) is 6.23. The van der Waals surface area contributed by atoms with Gasteiger partial charge in [0.25, 0.3) is 0 Å². The van der Waals surface area contributed by atoms with Crippen molar-refractivity contribution < 1.29 is 29.0 Å². The summed E-state index contributed by atoms with van der Waals surface area (Å²) in [7, 11) is 0. The Hall–Kier alpha value is -3.19. The molecule has 2 aromatic rings. The fourth-order valence-electron chi connectivity index (χ4n) is 2.38. The quantitative estimate of drug-likeness (QED) is 0.357. The first-order chi connectivity index (χ1) is 13.1. The van der Waals surface area contributed by atoms with Crippen LogP contribution in [-0.2, 0) is 37.1 Å². The second-order valence-electron chi connectivity index (χ2n) is 5.81. The zero-order valence-electron chi connectivity index (χ0n) is 14.7. The van der Waals surface area contributed by atoms with E-state index in [4.69, 9.17) is 9.47 Å². The molecule has 0 heterocycles. The zero-order chi connectivity index (χ0) is 19.5. The Morgan fingerprint density at radius 1 is 0.963 bits per heavy atom. The predicted octanol–water partition coefficient (Wildman–Crippen LogP) is 2.25. The molecule has 0 spiro atoms. The molecular weight excluding hydrogens is 350 g/mol. The van der Waals surface area contributed by atoms with Gasteiger partial charge in [-0.2, -0.15) is 0 Å². The van der Waals surface area contributed by atoms with E-state index in [0.29, 0.717) is 0 Å². The van der Waals surface area contributed by atoms with Crippen molar-refractivity contribution in [2.75, 3.05) is 0 Å². The number of hydrogen-bond donors (Lipinski definition) is 2. The second kappa shape index (κ2) is 10.1. The van der Waals surface area contributed by atoms with Crippen LogP contribution in [0.25, 0.3) is 0 Å². The van der Waals surface area contributed by atoms with Crippen molar-refractivity contribution in [1.29, 1.82) is 0 Å². The zero-order valence-corrected chi connectivity index (χ0v) is 14.7. The van der Waals surface area contributed by atoms with Crippen LogP contribution in [0, 0.1) is 0 Å². The molecule has 27 heavy (non-hydrogen) atoms. The standard InChI is InChI=1S/C20H21NO6/c22-15-21-20(19(24)25,27-14-17-9-5-2-6-10-17)12-11-18(23)26-13-16-7-3-1-4-8-16/h1-10,15H,11-14H2,(H,21,22)(H,24,25)/t20-/m0/s1. The monoisotopic (exact) mass is 371 g/mol. The summed E-state index contributed by atoms with van der Waals surface area (Å²) in [6, 6.07) is 18.0. The van der Waals surface area contributed by atoms with E-state index in [1.54, 1.807) is 24.3 Å². The molecule has 142 valence electrons. The van der Waals surface area contributed by atoms with E-state index >= 15 is 0 Å². The lowest BCUT2D eigenvalue weighted by molar-refractivity contribution is -0.177. The van der Waals surface area contributed by atoms with Crippen LogP contribution in [0.4, 0.5) is 0 Å². The van der Waals surface area contributed by atoms with Crippen molar-refractivity contribution in [2.45, 2.75) is 31.8 Å². The number of carboxylic acid groups (broad SMARTS) is 1. The molecular formula is C20H21NO6. The summed E-state index contributed by atoms with van der Waals surface area (Å²) in [6.45, 7) is 0.0543. The third-order valence-corrected chi connectivity index (χ3v) is 3.89. The van der Waals surface area contributed by atoms with Crippen LogP contribution in [0.2, 0.25) is 0 Å². The molecule has 0 aromatic heterocycles. The summed E-state index contributed by atoms with van der Waals surface area (Å²) in [4.78, 5) is 34.6. The molecule has 0 saturated carbocycles. The number of esters is 1. The summed E-state index contributed by atoms with van der Waals surface area (Å²) in [6.07, 6.45) is -0.245. The van der Waals surface area contributed by atoms with E-state index < -0.39 is 17.7 Å². The van der Waals surface area contributed by atoms with Crippen LogP contribution in [0.15, 0.2) is 60.7 Å². The number of benzene rings is 2. The van der Waals surface area contributed by atoms with Crippen molar-refractivity contribution in [3.05, 3.63) is 71.8 Å². The first kappa shape index (κ1) is 20.1. The van der Waals surface area contributed by atoms with E-state index in [0.717, 1.165) is 11.1 Å². The summed E-state index contributed by atoms with van der Waals surface area (Å²) < 4.78 is 10.6. The largest absolute Gasteiger partial charge is 0.478 e. The molecule has 7 nitrogen and oxygen atoms in total. The highest BCUT2D eigenvalue weighted by molar-refractivity contribution is 5.80. The van der Waals surface area contributed by atoms with Gasteiger partial charge in [-0.15, -0.1) is 0 Å². The summed E-state index contributed by atoms with van der Waals surface area (Å²) in [5.74, 6) is -1.97. The number of amides is 1. The fraction of sp³-hybridized carbons (Fsp3) is 0.250. The Labute approximate surface area is 156 Å². The molecule has 7 heteroatoms. The van der Waals surface area contributed by atoms with Crippen LogP contribution in [0.3, 0.4) is 0 Å². The Morgan fingerprint density at radius 3 is 2.04 bits per heavy atom. The number of carbonyl (C=O) groups excluding carboxylic acids is 2. The highest BCUT2D eigenvalue weighted by Crippen LogP contribution is 2.19. The van der Waals surface area contributed by atoms with Gasteiger partial charge in [0, 0.05) is 6.42 Å². The van der Waals surface area contributed by atoms with E-state index in [1.165, 1.54) is 0 Å². The van der Waals surface area contributed by atoms with Gasteiger partial charge in [-0.05, 0) is 11.1 Å². The van der Waals surface area contributed by atoms with Gasteiger partial charge in [0.1, 0.15) is 6.61 Å². The number of ether oxygens (including phenoxy) is 2. The van der Waals surface area contributed by atoms with Gasteiger partial charge in [-0.1, -0.05) is 60.7 Å². The first-order valence-electron chi connectivity index (χ1n) is 8.38. The summed E-state index contributed by atoms with van der Waals surface area (Å²) in [5.41, 5.74) is -0.451. The van der Waals surface area contributed by atoms with Crippen molar-refractivity contribution >= 4 is 18.3 Å². The molecule has 0 aliphatic carbocycles. The van der Waals surface area contributed by atoms with Crippen LogP contribution in [0.1, 0.15) is 24.0 Å². The Morgan fingerprint density at radius 2 is 1.52 bits per heavy atom. The van der Waals surface area contributed by atoms with Gasteiger partial charge in [0.15, 0.2) is 0 Å². The lowest BCUT2D eigenvalue weighted by Gasteiger charge is -2.28. The molecule has 2 aromatic carbocycles. The smallest absolute Gasteiger partial charge is 0.357 e. The van der Waals surface area contributed by atoms with Crippen molar-refractivity contribution in [3.8, 4) is 0 Å². The molecule has 0 bridgehead atoms. The number of carbonyl (C=O) groups is 3. The normalized spacial score (nSPS) is 12.6. The Bertz CT molecular complexity index is 750. The van der Waals surface area contributed by atoms with Crippen LogP contribution < -0.4 is 5.32 Å². The lowest BCUT2D eigenvalue weighted by Crippen LogP contribution is -2.54. The molecule has 0 saturated heterocycles. The number of nitrogens with one attached hydrogen (secondary N) is 1. The second-order valence-corrected chi connectivity index (χ2v) is 5.81. The average molecular weight is 371 g/mol. The number of hydrogen-bond acceptors (Lipinski definition) is 5. The SMILES string of the molecule is O=CN[C@@](CCC(=O)OCc1ccccc1)(OCc1ccccc1)C(=O)O. The predicted molar refractivity (Wildman–Crippen MR) is 96.3 cm³/mol.